The van der Waals surface area contributed by atoms with Crippen molar-refractivity contribution in [3.8, 4) is 0 Å². The summed E-state index contributed by atoms with van der Waals surface area (Å²) in [7, 11) is 0. The van der Waals surface area contributed by atoms with Gasteiger partial charge in [-0.3, -0.25) is 0 Å². The first-order valence-corrected chi connectivity index (χ1v) is 8.17. The first-order chi connectivity index (χ1) is 8.65. The summed E-state index contributed by atoms with van der Waals surface area (Å²) in [5.41, 5.74) is 6.10. The SMILES string of the molecule is NC(CSc1ccc(F)cc1)Cc1sccc1Br. The molecule has 2 aromatic rings. The first kappa shape index (κ1) is 14.1. The van der Waals surface area contributed by atoms with Crippen LogP contribution in [0.4, 0.5) is 4.39 Å². The van der Waals surface area contributed by atoms with Crippen LogP contribution in [0.1, 0.15) is 4.88 Å². The summed E-state index contributed by atoms with van der Waals surface area (Å²) in [6, 6.07) is 8.67. The molecule has 0 aliphatic rings. The zero-order valence-electron chi connectivity index (χ0n) is 9.61. The third-order valence-electron chi connectivity index (χ3n) is 2.42. The zero-order valence-corrected chi connectivity index (χ0v) is 12.8. The molecule has 96 valence electrons. The quantitative estimate of drug-likeness (QED) is 0.817. The molecule has 1 aromatic carbocycles. The molecule has 0 radical (unpaired) electrons. The van der Waals surface area contributed by atoms with Gasteiger partial charge >= 0.3 is 0 Å². The van der Waals surface area contributed by atoms with Crippen LogP contribution in [0.2, 0.25) is 0 Å². The molecule has 0 aliphatic heterocycles. The van der Waals surface area contributed by atoms with E-state index in [1.54, 1.807) is 35.2 Å². The van der Waals surface area contributed by atoms with Crippen molar-refractivity contribution in [2.24, 2.45) is 5.73 Å². The van der Waals surface area contributed by atoms with E-state index in [4.69, 9.17) is 5.73 Å². The number of nitrogens with two attached hydrogens (primary N) is 1. The lowest BCUT2D eigenvalue weighted by Crippen LogP contribution is -2.25. The number of benzene rings is 1. The summed E-state index contributed by atoms with van der Waals surface area (Å²) in [4.78, 5) is 2.33. The minimum absolute atomic E-state index is 0.106. The molecule has 2 N–H and O–H groups in total. The standard InChI is InChI=1S/C13H13BrFNS2/c14-12-5-6-17-13(12)7-10(16)8-18-11-3-1-9(15)2-4-11/h1-6,10H,7-8,16H2. The summed E-state index contributed by atoms with van der Waals surface area (Å²) >= 11 is 6.88. The van der Waals surface area contributed by atoms with Crippen LogP contribution in [-0.2, 0) is 6.42 Å². The van der Waals surface area contributed by atoms with Gasteiger partial charge in [0.05, 0.1) is 0 Å². The first-order valence-electron chi connectivity index (χ1n) is 5.51. The summed E-state index contributed by atoms with van der Waals surface area (Å²) in [5.74, 6) is 0.627. The van der Waals surface area contributed by atoms with E-state index in [-0.39, 0.29) is 11.9 Å². The Balaban J connectivity index is 1.83. The lowest BCUT2D eigenvalue weighted by molar-refractivity contribution is 0.626. The minimum Gasteiger partial charge on any atom is -0.327 e. The van der Waals surface area contributed by atoms with E-state index < -0.39 is 0 Å². The highest BCUT2D eigenvalue weighted by atomic mass is 79.9. The number of halogens is 2. The topological polar surface area (TPSA) is 26.0 Å². The number of rotatable bonds is 5. The van der Waals surface area contributed by atoms with Gasteiger partial charge in [0.25, 0.3) is 0 Å². The second-order valence-electron chi connectivity index (χ2n) is 3.92. The van der Waals surface area contributed by atoms with Crippen molar-refractivity contribution in [3.63, 3.8) is 0 Å². The Morgan fingerprint density at radius 2 is 2.00 bits per heavy atom. The molecule has 0 aliphatic carbocycles. The summed E-state index contributed by atoms with van der Waals surface area (Å²) in [6.07, 6.45) is 0.868. The molecule has 1 atom stereocenters. The molecule has 1 unspecified atom stereocenters. The van der Waals surface area contributed by atoms with E-state index in [2.05, 4.69) is 21.3 Å². The van der Waals surface area contributed by atoms with E-state index in [9.17, 15) is 4.39 Å². The molecule has 0 fully saturated rings. The van der Waals surface area contributed by atoms with Gasteiger partial charge in [-0.05, 0) is 58.1 Å². The van der Waals surface area contributed by atoms with E-state index in [0.717, 1.165) is 21.5 Å². The van der Waals surface area contributed by atoms with Crippen LogP contribution >= 0.6 is 39.0 Å². The Hall–Kier alpha value is -0.360. The van der Waals surface area contributed by atoms with E-state index in [1.807, 2.05) is 6.07 Å². The van der Waals surface area contributed by atoms with Crippen molar-refractivity contribution in [3.05, 3.63) is 50.9 Å². The molecule has 0 bridgehead atoms. The smallest absolute Gasteiger partial charge is 0.123 e. The number of thioether (sulfide) groups is 1. The van der Waals surface area contributed by atoms with Crippen molar-refractivity contribution < 1.29 is 4.39 Å². The van der Waals surface area contributed by atoms with E-state index in [0.29, 0.717) is 0 Å². The van der Waals surface area contributed by atoms with Gasteiger partial charge in [0.1, 0.15) is 5.82 Å². The molecular weight excluding hydrogens is 333 g/mol. The highest BCUT2D eigenvalue weighted by Gasteiger charge is 2.09. The Morgan fingerprint density at radius 1 is 1.28 bits per heavy atom. The molecular formula is C13H13BrFNS2. The van der Waals surface area contributed by atoms with Crippen LogP contribution < -0.4 is 5.73 Å². The van der Waals surface area contributed by atoms with Crippen LogP contribution in [0.3, 0.4) is 0 Å². The summed E-state index contributed by atoms with van der Waals surface area (Å²) in [5, 5.41) is 2.05. The monoisotopic (exact) mass is 345 g/mol. The third-order valence-corrected chi connectivity index (χ3v) is 5.57. The van der Waals surface area contributed by atoms with Crippen LogP contribution in [0.5, 0.6) is 0 Å². The maximum absolute atomic E-state index is 12.7. The van der Waals surface area contributed by atoms with Crippen LogP contribution in [-0.4, -0.2) is 11.8 Å². The normalized spacial score (nSPS) is 12.6. The van der Waals surface area contributed by atoms with Gasteiger partial charge in [0, 0.05) is 26.0 Å². The lowest BCUT2D eigenvalue weighted by atomic mass is 10.2. The fourth-order valence-corrected chi connectivity index (χ4v) is 3.96. The largest absolute Gasteiger partial charge is 0.327 e. The second kappa shape index (κ2) is 6.70. The summed E-state index contributed by atoms with van der Waals surface area (Å²) in [6.45, 7) is 0. The Kier molecular flexibility index (Phi) is 5.24. The van der Waals surface area contributed by atoms with Gasteiger partial charge in [0.2, 0.25) is 0 Å². The maximum atomic E-state index is 12.7. The second-order valence-corrected chi connectivity index (χ2v) is 6.87. The van der Waals surface area contributed by atoms with Crippen LogP contribution in [0.25, 0.3) is 0 Å². The highest BCUT2D eigenvalue weighted by Crippen LogP contribution is 2.25. The number of hydrogen-bond acceptors (Lipinski definition) is 3. The molecule has 0 saturated carbocycles. The number of hydrogen-bond donors (Lipinski definition) is 1. The van der Waals surface area contributed by atoms with Gasteiger partial charge in [-0.25, -0.2) is 4.39 Å². The lowest BCUT2D eigenvalue weighted by Gasteiger charge is -2.10. The van der Waals surface area contributed by atoms with E-state index in [1.165, 1.54) is 17.0 Å². The highest BCUT2D eigenvalue weighted by molar-refractivity contribution is 9.10. The van der Waals surface area contributed by atoms with Gasteiger partial charge in [-0.15, -0.1) is 23.1 Å². The Labute approximate surface area is 123 Å². The van der Waals surface area contributed by atoms with Gasteiger partial charge < -0.3 is 5.73 Å². The average molecular weight is 346 g/mol. The maximum Gasteiger partial charge on any atom is 0.123 e. The van der Waals surface area contributed by atoms with Crippen molar-refractivity contribution in [2.45, 2.75) is 17.4 Å². The molecule has 1 aromatic heterocycles. The van der Waals surface area contributed by atoms with Crippen molar-refractivity contribution >= 4 is 39.0 Å². The predicted octanol–water partition coefficient (Wildman–Crippen LogP) is 4.31. The van der Waals surface area contributed by atoms with Crippen LogP contribution in [0.15, 0.2) is 45.1 Å². The minimum atomic E-state index is -0.203. The fourth-order valence-electron chi connectivity index (χ4n) is 1.50. The van der Waals surface area contributed by atoms with Crippen LogP contribution in [0, 0.1) is 5.82 Å². The number of thiophene rings is 1. The molecule has 0 spiro atoms. The fraction of sp³-hybridized carbons (Fsp3) is 0.231. The molecule has 1 nitrogen and oxygen atoms in total. The van der Waals surface area contributed by atoms with Gasteiger partial charge in [-0.2, -0.15) is 0 Å². The summed E-state index contributed by atoms with van der Waals surface area (Å²) < 4.78 is 13.9. The van der Waals surface area contributed by atoms with Crippen molar-refractivity contribution in [2.75, 3.05) is 5.75 Å². The van der Waals surface area contributed by atoms with Gasteiger partial charge in [0.15, 0.2) is 0 Å². The average Bonchev–Trinajstić information content (AvgIpc) is 2.74. The molecule has 1 heterocycles. The molecule has 0 saturated heterocycles. The Morgan fingerprint density at radius 3 is 2.61 bits per heavy atom. The molecule has 18 heavy (non-hydrogen) atoms. The van der Waals surface area contributed by atoms with Crippen molar-refractivity contribution in [1.82, 2.24) is 0 Å². The van der Waals surface area contributed by atoms with Crippen molar-refractivity contribution in [1.29, 1.82) is 0 Å². The molecule has 0 amide bonds. The molecule has 5 heteroatoms. The predicted molar refractivity (Wildman–Crippen MR) is 80.8 cm³/mol. The van der Waals surface area contributed by atoms with Gasteiger partial charge in [-0.1, -0.05) is 0 Å². The molecule has 2 rings (SSSR count). The zero-order chi connectivity index (χ0) is 13.0. The third kappa shape index (κ3) is 4.09. The van der Waals surface area contributed by atoms with E-state index >= 15 is 0 Å². The Bertz CT molecular complexity index is 498.